The Kier molecular flexibility index (Phi) is 24.7. The summed E-state index contributed by atoms with van der Waals surface area (Å²) >= 11 is 0. The second-order valence-electron chi connectivity index (χ2n) is 8.78. The Morgan fingerprint density at radius 1 is 0.467 bits per heavy atom. The maximum absolute atomic E-state index is 10.2. The minimum atomic E-state index is -0.569. The number of hydrogen-bond acceptors (Lipinski definition) is 4. The Labute approximate surface area is 186 Å². The van der Waals surface area contributed by atoms with Crippen LogP contribution in [0.25, 0.3) is 0 Å². The lowest BCUT2D eigenvalue weighted by atomic mass is 10.0. The highest BCUT2D eigenvalue weighted by atomic mass is 16.1. The lowest BCUT2D eigenvalue weighted by molar-refractivity contribution is 0.508. The summed E-state index contributed by atoms with van der Waals surface area (Å²) in [5, 5.41) is 0. The molecule has 4 nitrogen and oxygen atoms in total. The minimum Gasteiger partial charge on any atom is -0.211 e. The van der Waals surface area contributed by atoms with Crippen molar-refractivity contribution >= 4 is 12.2 Å². The van der Waals surface area contributed by atoms with E-state index in [0.717, 1.165) is 12.8 Å². The third-order valence-electron chi connectivity index (χ3n) is 5.97. The van der Waals surface area contributed by atoms with E-state index in [2.05, 4.69) is 16.9 Å². The summed E-state index contributed by atoms with van der Waals surface area (Å²) in [5.74, 6) is 0. The van der Waals surface area contributed by atoms with Crippen LogP contribution in [0.1, 0.15) is 148 Å². The van der Waals surface area contributed by atoms with Gasteiger partial charge in [-0.3, -0.25) is 0 Å². The van der Waals surface area contributed by atoms with Crippen molar-refractivity contribution in [3.05, 3.63) is 0 Å². The molecule has 0 atom stereocenters. The van der Waals surface area contributed by atoms with E-state index >= 15 is 0 Å². The fraction of sp³-hybridized carbons (Fsp3) is 0.923. The Morgan fingerprint density at radius 2 is 0.733 bits per heavy atom. The second kappa shape index (κ2) is 25.8. The first-order chi connectivity index (χ1) is 14.8. The van der Waals surface area contributed by atoms with Crippen molar-refractivity contribution in [1.82, 2.24) is 0 Å². The van der Waals surface area contributed by atoms with Gasteiger partial charge in [0.1, 0.15) is 0 Å². The molecule has 0 rings (SSSR count). The van der Waals surface area contributed by atoms with Crippen LogP contribution in [0.2, 0.25) is 0 Å². The number of hydrogen-bond donors (Lipinski definition) is 0. The van der Waals surface area contributed by atoms with Gasteiger partial charge in [0.2, 0.25) is 12.2 Å². The normalized spacial score (nSPS) is 11.6. The molecule has 0 aliphatic rings. The molecular weight excluding hydrogens is 372 g/mol. The predicted octanol–water partition coefficient (Wildman–Crippen LogP) is 8.59. The maximum atomic E-state index is 10.2. The third-order valence-corrected chi connectivity index (χ3v) is 5.97. The van der Waals surface area contributed by atoms with Gasteiger partial charge < -0.3 is 0 Å². The molecule has 0 N–H and O–H groups in total. The Bertz CT molecular complexity index is 422. The Hall–Kier alpha value is -1.24. The molecule has 0 aliphatic carbocycles. The summed E-state index contributed by atoms with van der Waals surface area (Å²) in [4.78, 5) is 27.5. The monoisotopic (exact) mass is 420 g/mol. The summed E-state index contributed by atoms with van der Waals surface area (Å²) in [6, 6.07) is 0. The molecule has 0 spiro atoms. The van der Waals surface area contributed by atoms with Crippen molar-refractivity contribution in [3.8, 4) is 0 Å². The van der Waals surface area contributed by atoms with Crippen LogP contribution in [0.5, 0.6) is 0 Å². The van der Waals surface area contributed by atoms with Gasteiger partial charge in [-0.2, -0.15) is 9.98 Å². The van der Waals surface area contributed by atoms with E-state index < -0.39 is 6.17 Å². The highest BCUT2D eigenvalue weighted by Gasteiger charge is 2.03. The number of nitrogens with zero attached hydrogens (tertiary/aromatic N) is 2. The topological polar surface area (TPSA) is 58.9 Å². The fourth-order valence-electron chi connectivity index (χ4n) is 4.04. The molecule has 0 bridgehead atoms. The molecule has 0 aromatic carbocycles. The van der Waals surface area contributed by atoms with Crippen LogP contribution in [0, 0.1) is 0 Å². The largest absolute Gasteiger partial charge is 0.237 e. The van der Waals surface area contributed by atoms with Gasteiger partial charge in [0.25, 0.3) is 0 Å². The Balaban J connectivity index is 3.16. The molecule has 0 heterocycles. The van der Waals surface area contributed by atoms with Gasteiger partial charge in [-0.1, -0.05) is 135 Å². The van der Waals surface area contributed by atoms with Crippen molar-refractivity contribution < 1.29 is 9.59 Å². The van der Waals surface area contributed by atoms with Gasteiger partial charge in [-0.25, -0.2) is 9.59 Å². The van der Waals surface area contributed by atoms with Gasteiger partial charge >= 0.3 is 0 Å². The first kappa shape index (κ1) is 28.8. The number of rotatable bonds is 24. The van der Waals surface area contributed by atoms with E-state index in [-0.39, 0.29) is 0 Å². The summed E-state index contributed by atoms with van der Waals surface area (Å²) in [6.07, 6.45) is 31.6. The summed E-state index contributed by atoms with van der Waals surface area (Å²) in [6.45, 7) is 2.28. The summed E-state index contributed by atoms with van der Waals surface area (Å²) in [7, 11) is 0. The van der Waals surface area contributed by atoms with Crippen molar-refractivity contribution in [2.24, 2.45) is 9.98 Å². The molecule has 0 radical (unpaired) electrons. The number of carbonyl (C=O) groups excluding carboxylic acids is 2. The number of aliphatic imine (C=N–C) groups is 2. The second-order valence-corrected chi connectivity index (χ2v) is 8.78. The molecule has 0 aromatic heterocycles. The van der Waals surface area contributed by atoms with Gasteiger partial charge in [0.05, 0.1) is 0 Å². The van der Waals surface area contributed by atoms with E-state index in [0.29, 0.717) is 6.42 Å². The van der Waals surface area contributed by atoms with Crippen molar-refractivity contribution in [1.29, 1.82) is 0 Å². The predicted molar refractivity (Wildman–Crippen MR) is 127 cm³/mol. The lowest BCUT2D eigenvalue weighted by Gasteiger charge is -2.05. The average Bonchev–Trinajstić information content (AvgIpc) is 2.75. The quantitative estimate of drug-likeness (QED) is 0.0891. The molecule has 0 saturated heterocycles. The number of unbranched alkanes of at least 4 members (excludes halogenated alkanes) is 20. The van der Waals surface area contributed by atoms with Gasteiger partial charge in [0.15, 0.2) is 6.17 Å². The molecule has 0 amide bonds. The molecule has 30 heavy (non-hydrogen) atoms. The smallest absolute Gasteiger partial charge is 0.211 e. The van der Waals surface area contributed by atoms with E-state index in [1.54, 1.807) is 0 Å². The molecule has 0 aliphatic heterocycles. The molecule has 0 saturated carbocycles. The highest BCUT2D eigenvalue weighted by Crippen LogP contribution is 2.15. The Morgan fingerprint density at radius 3 is 1.00 bits per heavy atom. The zero-order valence-electron chi connectivity index (χ0n) is 19.8. The first-order valence-corrected chi connectivity index (χ1v) is 13.0. The summed E-state index contributed by atoms with van der Waals surface area (Å²) < 4.78 is 0. The first-order valence-electron chi connectivity index (χ1n) is 13.0. The van der Waals surface area contributed by atoms with E-state index in [4.69, 9.17) is 0 Å². The fourth-order valence-corrected chi connectivity index (χ4v) is 4.04. The molecule has 0 aromatic rings. The van der Waals surface area contributed by atoms with Crippen LogP contribution < -0.4 is 0 Å². The van der Waals surface area contributed by atoms with Crippen LogP contribution in [-0.4, -0.2) is 18.3 Å². The average molecular weight is 421 g/mol. The summed E-state index contributed by atoms with van der Waals surface area (Å²) in [5.41, 5.74) is 0. The zero-order chi connectivity index (χ0) is 22.0. The number of isocyanates is 2. The van der Waals surface area contributed by atoms with Gasteiger partial charge in [0, 0.05) is 0 Å². The van der Waals surface area contributed by atoms with Gasteiger partial charge in [-0.15, -0.1) is 0 Å². The van der Waals surface area contributed by atoms with E-state index in [1.807, 2.05) is 0 Å². The van der Waals surface area contributed by atoms with E-state index in [9.17, 15) is 9.59 Å². The van der Waals surface area contributed by atoms with Crippen molar-refractivity contribution in [2.45, 2.75) is 154 Å². The molecule has 0 fully saturated rings. The SMILES string of the molecule is CCCCCCCCCCCCCCCCCCCCCCCC(N=C=O)N=C=O. The van der Waals surface area contributed by atoms with Crippen LogP contribution in [0.4, 0.5) is 0 Å². The van der Waals surface area contributed by atoms with Crippen molar-refractivity contribution in [2.75, 3.05) is 0 Å². The van der Waals surface area contributed by atoms with Crippen LogP contribution in [0.3, 0.4) is 0 Å². The van der Waals surface area contributed by atoms with E-state index in [1.165, 1.54) is 134 Å². The minimum absolute atomic E-state index is 0.569. The lowest BCUT2D eigenvalue weighted by Crippen LogP contribution is -1.99. The van der Waals surface area contributed by atoms with Crippen LogP contribution >= 0.6 is 0 Å². The van der Waals surface area contributed by atoms with Crippen molar-refractivity contribution in [3.63, 3.8) is 0 Å². The molecule has 0 unspecified atom stereocenters. The van der Waals surface area contributed by atoms with Gasteiger partial charge in [-0.05, 0) is 12.8 Å². The third kappa shape index (κ3) is 23.0. The zero-order valence-corrected chi connectivity index (χ0v) is 19.8. The van der Waals surface area contributed by atoms with Crippen LogP contribution in [-0.2, 0) is 9.59 Å². The van der Waals surface area contributed by atoms with Crippen LogP contribution in [0.15, 0.2) is 9.98 Å². The molecular formula is C26H48N2O2. The molecule has 4 heteroatoms. The standard InChI is InChI=1S/C26H48N2O2/c1-2-3-4-5-6-7-8-9-10-11-12-13-14-15-16-17-18-19-20-21-22-23-26(27-24-29)28-25-30/h26H,2-23H2,1H3. The maximum Gasteiger partial charge on any atom is 0.237 e. The highest BCUT2D eigenvalue weighted by molar-refractivity contribution is 5.36. The molecule has 174 valence electrons.